The van der Waals surface area contributed by atoms with E-state index in [4.69, 9.17) is 4.74 Å². The average molecular weight is 409 g/mol. The zero-order valence-electron chi connectivity index (χ0n) is 15.8. The van der Waals surface area contributed by atoms with Gasteiger partial charge in [-0.25, -0.2) is 4.79 Å². The summed E-state index contributed by atoms with van der Waals surface area (Å²) >= 11 is 2.84. The van der Waals surface area contributed by atoms with E-state index in [1.807, 2.05) is 18.5 Å². The number of fused-ring (bicyclic) bond motifs is 1. The second-order valence-corrected chi connectivity index (χ2v) is 8.33. The number of rotatable bonds is 7. The fraction of sp³-hybridized carbons (Fsp3) is 0.556. The predicted octanol–water partition coefficient (Wildman–Crippen LogP) is 3.23. The number of carbonyl (C=O) groups excluding carboxylic acids is 2. The average Bonchev–Trinajstić information content (AvgIpc) is 3.19. The maximum absolute atomic E-state index is 12.5. The molecule has 0 bridgehead atoms. The van der Waals surface area contributed by atoms with Gasteiger partial charge in [0.05, 0.1) is 17.9 Å². The Bertz CT molecular complexity index is 844. The van der Waals surface area contributed by atoms with E-state index in [9.17, 15) is 9.59 Å². The van der Waals surface area contributed by atoms with E-state index in [2.05, 4.69) is 15.5 Å². The van der Waals surface area contributed by atoms with Gasteiger partial charge in [0.15, 0.2) is 5.16 Å². The molecule has 7 nitrogen and oxygen atoms in total. The first-order chi connectivity index (χ1) is 13.0. The number of aromatic nitrogens is 3. The molecule has 0 saturated heterocycles. The minimum atomic E-state index is -0.347. The summed E-state index contributed by atoms with van der Waals surface area (Å²) in [6.07, 6.45) is 4.79. The Morgan fingerprint density at radius 3 is 2.74 bits per heavy atom. The number of nitrogens with zero attached hydrogens (tertiary/aromatic N) is 3. The summed E-state index contributed by atoms with van der Waals surface area (Å²) in [5.74, 6) is 0.583. The molecule has 0 radical (unpaired) electrons. The molecular weight excluding hydrogens is 384 g/mol. The molecule has 1 aliphatic carbocycles. The Morgan fingerprint density at radius 1 is 1.26 bits per heavy atom. The molecule has 3 rings (SSSR count). The standard InChI is InChI=1S/C18H24N4O3S2/c1-4-13-20-21-18(22(13)3)26-10-14(23)19-16-15(17(24)25-5-2)11-8-6-7-9-12(11)27-16/h4-10H2,1-3H3,(H,19,23). The van der Waals surface area contributed by atoms with Gasteiger partial charge >= 0.3 is 5.97 Å². The Labute approximate surface area is 166 Å². The van der Waals surface area contributed by atoms with E-state index in [-0.39, 0.29) is 17.6 Å². The Morgan fingerprint density at radius 2 is 2.04 bits per heavy atom. The van der Waals surface area contributed by atoms with Gasteiger partial charge in [-0.15, -0.1) is 21.5 Å². The zero-order chi connectivity index (χ0) is 19.4. The molecule has 2 heterocycles. The zero-order valence-corrected chi connectivity index (χ0v) is 17.5. The van der Waals surface area contributed by atoms with Crippen LogP contribution < -0.4 is 5.32 Å². The van der Waals surface area contributed by atoms with Crippen LogP contribution in [0.15, 0.2) is 5.16 Å². The molecule has 0 saturated carbocycles. The Kier molecular flexibility index (Phi) is 6.54. The van der Waals surface area contributed by atoms with Gasteiger partial charge in [0.25, 0.3) is 0 Å². The third-order valence-corrected chi connectivity index (χ3v) is 6.70. The van der Waals surface area contributed by atoms with Crippen LogP contribution in [0.1, 0.15) is 53.3 Å². The molecule has 27 heavy (non-hydrogen) atoms. The molecule has 0 atom stereocenters. The summed E-state index contributed by atoms with van der Waals surface area (Å²) < 4.78 is 7.12. The second-order valence-electron chi connectivity index (χ2n) is 6.28. The van der Waals surface area contributed by atoms with Crippen LogP contribution in [-0.2, 0) is 35.8 Å². The fourth-order valence-corrected chi connectivity index (χ4v) is 5.17. The number of thiophene rings is 1. The van der Waals surface area contributed by atoms with Crippen LogP contribution in [0.2, 0.25) is 0 Å². The van der Waals surface area contributed by atoms with Crippen LogP contribution in [0.3, 0.4) is 0 Å². The molecule has 2 aromatic rings. The van der Waals surface area contributed by atoms with Gasteiger partial charge in [0.2, 0.25) is 5.91 Å². The second kappa shape index (κ2) is 8.88. The molecule has 0 aliphatic heterocycles. The number of esters is 1. The smallest absolute Gasteiger partial charge is 0.341 e. The van der Waals surface area contributed by atoms with Crippen LogP contribution in [0.4, 0.5) is 5.00 Å². The first-order valence-corrected chi connectivity index (χ1v) is 11.0. The summed E-state index contributed by atoms with van der Waals surface area (Å²) in [6.45, 7) is 4.12. The highest BCUT2D eigenvalue weighted by Crippen LogP contribution is 2.38. The summed E-state index contributed by atoms with van der Waals surface area (Å²) in [4.78, 5) is 26.1. The number of aryl methyl sites for hydroxylation is 2. The van der Waals surface area contributed by atoms with Gasteiger partial charge in [-0.2, -0.15) is 0 Å². The number of thioether (sulfide) groups is 1. The molecule has 9 heteroatoms. The monoisotopic (exact) mass is 408 g/mol. The molecule has 146 valence electrons. The van der Waals surface area contributed by atoms with Crippen molar-refractivity contribution in [3.8, 4) is 0 Å². The first kappa shape index (κ1) is 19.9. The first-order valence-electron chi connectivity index (χ1n) is 9.17. The third-order valence-electron chi connectivity index (χ3n) is 4.48. The van der Waals surface area contributed by atoms with Crippen molar-refractivity contribution < 1.29 is 14.3 Å². The van der Waals surface area contributed by atoms with Gasteiger partial charge in [-0.1, -0.05) is 18.7 Å². The topological polar surface area (TPSA) is 86.1 Å². The fourth-order valence-electron chi connectivity index (χ4n) is 3.14. The van der Waals surface area contributed by atoms with E-state index in [0.29, 0.717) is 22.3 Å². The lowest BCUT2D eigenvalue weighted by Crippen LogP contribution is -2.17. The molecule has 0 fully saturated rings. The molecule has 1 N–H and O–H groups in total. The van der Waals surface area contributed by atoms with Gasteiger partial charge in [-0.05, 0) is 38.2 Å². The number of amides is 1. The van der Waals surface area contributed by atoms with Crippen molar-refractivity contribution in [1.82, 2.24) is 14.8 Å². The molecule has 0 unspecified atom stereocenters. The van der Waals surface area contributed by atoms with E-state index >= 15 is 0 Å². The number of hydrogen-bond acceptors (Lipinski definition) is 7. The van der Waals surface area contributed by atoms with Gasteiger partial charge in [0.1, 0.15) is 10.8 Å². The number of hydrogen-bond donors (Lipinski definition) is 1. The van der Waals surface area contributed by atoms with Crippen LogP contribution in [0, 0.1) is 0 Å². The lowest BCUT2D eigenvalue weighted by molar-refractivity contribution is -0.113. The number of carbonyl (C=O) groups is 2. The molecule has 0 spiro atoms. The van der Waals surface area contributed by atoms with Crippen LogP contribution in [0.25, 0.3) is 0 Å². The summed E-state index contributed by atoms with van der Waals surface area (Å²) in [5.41, 5.74) is 1.59. The van der Waals surface area contributed by atoms with Crippen LogP contribution in [-0.4, -0.2) is 39.0 Å². The lowest BCUT2D eigenvalue weighted by Gasteiger charge is -2.12. The summed E-state index contributed by atoms with van der Waals surface area (Å²) in [5, 5.41) is 12.4. The van der Waals surface area contributed by atoms with Gasteiger partial charge in [-0.3, -0.25) is 4.79 Å². The van der Waals surface area contributed by atoms with Crippen molar-refractivity contribution in [2.75, 3.05) is 17.7 Å². The van der Waals surface area contributed by atoms with Gasteiger partial charge < -0.3 is 14.6 Å². The SMILES string of the molecule is CCOC(=O)c1c(NC(=O)CSc2nnc(CC)n2C)sc2c1CCCC2. The van der Waals surface area contributed by atoms with E-state index in [1.165, 1.54) is 28.0 Å². The minimum absolute atomic E-state index is 0.162. The maximum Gasteiger partial charge on any atom is 0.341 e. The van der Waals surface area contributed by atoms with Crippen LogP contribution >= 0.6 is 23.1 Å². The van der Waals surface area contributed by atoms with Crippen molar-refractivity contribution in [3.63, 3.8) is 0 Å². The quantitative estimate of drug-likeness (QED) is 0.559. The predicted molar refractivity (Wildman–Crippen MR) is 107 cm³/mol. The number of nitrogens with one attached hydrogen (secondary N) is 1. The summed E-state index contributed by atoms with van der Waals surface area (Å²) in [6, 6.07) is 0. The van der Waals surface area contributed by atoms with Gasteiger partial charge in [0, 0.05) is 18.3 Å². The van der Waals surface area contributed by atoms with E-state index in [0.717, 1.165) is 43.5 Å². The maximum atomic E-state index is 12.5. The van der Waals surface area contributed by atoms with Crippen LogP contribution in [0.5, 0.6) is 0 Å². The Balaban J connectivity index is 1.72. The third kappa shape index (κ3) is 4.35. The normalized spacial score (nSPS) is 13.3. The largest absolute Gasteiger partial charge is 0.462 e. The molecule has 1 aliphatic rings. The molecular formula is C18H24N4O3S2. The van der Waals surface area contributed by atoms with Crippen molar-refractivity contribution in [1.29, 1.82) is 0 Å². The van der Waals surface area contributed by atoms with Crippen molar-refractivity contribution in [3.05, 3.63) is 21.8 Å². The highest BCUT2D eigenvalue weighted by atomic mass is 32.2. The molecule has 2 aromatic heterocycles. The number of ether oxygens (including phenoxy) is 1. The number of anilines is 1. The van der Waals surface area contributed by atoms with E-state index < -0.39 is 0 Å². The molecule has 0 aromatic carbocycles. The van der Waals surface area contributed by atoms with E-state index in [1.54, 1.807) is 6.92 Å². The Hall–Kier alpha value is -1.87. The van der Waals surface area contributed by atoms with Crippen molar-refractivity contribution in [2.45, 2.75) is 51.1 Å². The highest BCUT2D eigenvalue weighted by molar-refractivity contribution is 7.99. The van der Waals surface area contributed by atoms with Crippen molar-refractivity contribution in [2.24, 2.45) is 7.05 Å². The lowest BCUT2D eigenvalue weighted by atomic mass is 9.95. The minimum Gasteiger partial charge on any atom is -0.462 e. The highest BCUT2D eigenvalue weighted by Gasteiger charge is 2.27. The molecule has 1 amide bonds. The van der Waals surface area contributed by atoms with Crippen molar-refractivity contribution >= 4 is 40.0 Å². The summed E-state index contributed by atoms with van der Waals surface area (Å²) in [7, 11) is 1.89.